The van der Waals surface area contributed by atoms with Crippen LogP contribution in [0.25, 0.3) is 0 Å². The number of ether oxygens (including phenoxy) is 1. The molecule has 0 unspecified atom stereocenters. The summed E-state index contributed by atoms with van der Waals surface area (Å²) < 4.78 is 4.83. The molecule has 0 saturated heterocycles. The van der Waals surface area contributed by atoms with Crippen LogP contribution in [0.1, 0.15) is 28.2 Å². The molecule has 0 aromatic rings. The number of aliphatic carboxylic acids is 1. The van der Waals surface area contributed by atoms with E-state index in [2.05, 4.69) is 0 Å². The van der Waals surface area contributed by atoms with Crippen LogP contribution < -0.4 is 5.11 Å². The largest absolute Gasteiger partial charge is 0.548 e. The summed E-state index contributed by atoms with van der Waals surface area (Å²) in [6.45, 7) is 5.03. The van der Waals surface area contributed by atoms with Crippen molar-refractivity contribution in [2.24, 2.45) is 0 Å². The molecule has 0 saturated carbocycles. The van der Waals surface area contributed by atoms with E-state index in [1.807, 2.05) is 0 Å². The Bertz CT molecular complexity index is 102. The van der Waals surface area contributed by atoms with Crippen LogP contribution >= 0.6 is 0 Å². The number of carboxylic acids is 1. The molecule has 0 bridgehead atoms. The number of hydrogen-bond donors (Lipinski definition) is 0. The second-order valence-corrected chi connectivity index (χ2v) is 2.77. The molecule has 3 nitrogen and oxygen atoms in total. The third kappa shape index (κ3) is 10.4. The SMILES string of the molecule is C.CC(C)(C)OCC(=O)[O-]. The fourth-order valence-corrected chi connectivity index (χ4v) is 0.275. The Kier molecular flexibility index (Phi) is 5.19. The van der Waals surface area contributed by atoms with Gasteiger partial charge in [-0.05, 0) is 20.8 Å². The highest BCUT2D eigenvalue weighted by atomic mass is 16.5. The van der Waals surface area contributed by atoms with Crippen molar-refractivity contribution in [3.05, 3.63) is 0 Å². The molecule has 0 rings (SSSR count). The molecule has 10 heavy (non-hydrogen) atoms. The molecule has 62 valence electrons. The van der Waals surface area contributed by atoms with Crippen molar-refractivity contribution >= 4 is 5.97 Å². The van der Waals surface area contributed by atoms with E-state index in [0.29, 0.717) is 0 Å². The second kappa shape index (κ2) is 4.28. The van der Waals surface area contributed by atoms with Gasteiger partial charge in [0.05, 0.1) is 18.2 Å². The molecule has 0 aliphatic carbocycles. The van der Waals surface area contributed by atoms with Gasteiger partial charge in [-0.2, -0.15) is 0 Å². The molecule has 0 atom stereocenters. The Labute approximate surface area is 62.0 Å². The van der Waals surface area contributed by atoms with Gasteiger partial charge in [0.25, 0.3) is 0 Å². The third-order valence-corrected chi connectivity index (χ3v) is 0.623. The third-order valence-electron chi connectivity index (χ3n) is 0.623. The molecular formula is C7H15O3-. The Morgan fingerprint density at radius 1 is 1.50 bits per heavy atom. The molecule has 0 spiro atoms. The average molecular weight is 147 g/mol. The van der Waals surface area contributed by atoms with Gasteiger partial charge in [-0.3, -0.25) is 0 Å². The lowest BCUT2D eigenvalue weighted by molar-refractivity contribution is -0.311. The maximum atomic E-state index is 9.81. The first kappa shape index (κ1) is 12.1. The molecule has 0 aliphatic heterocycles. The van der Waals surface area contributed by atoms with Crippen LogP contribution in [0.15, 0.2) is 0 Å². The lowest BCUT2D eigenvalue weighted by Crippen LogP contribution is -2.32. The van der Waals surface area contributed by atoms with Crippen LogP contribution in [0, 0.1) is 0 Å². The Hall–Kier alpha value is -0.570. The summed E-state index contributed by atoms with van der Waals surface area (Å²) in [6.07, 6.45) is 0. The first-order valence-corrected chi connectivity index (χ1v) is 2.75. The van der Waals surface area contributed by atoms with Crippen LogP contribution in [-0.2, 0) is 9.53 Å². The second-order valence-electron chi connectivity index (χ2n) is 2.77. The number of rotatable bonds is 2. The van der Waals surface area contributed by atoms with Gasteiger partial charge in [0, 0.05) is 0 Å². The normalized spacial score (nSPS) is 10.3. The van der Waals surface area contributed by atoms with E-state index in [-0.39, 0.29) is 19.6 Å². The van der Waals surface area contributed by atoms with E-state index in [4.69, 9.17) is 4.74 Å². The first-order chi connectivity index (χ1) is 3.92. The number of hydrogen-bond acceptors (Lipinski definition) is 3. The van der Waals surface area contributed by atoms with Crippen molar-refractivity contribution in [1.82, 2.24) is 0 Å². The summed E-state index contributed by atoms with van der Waals surface area (Å²) in [5.41, 5.74) is -0.389. The molecule has 0 aromatic heterocycles. The van der Waals surface area contributed by atoms with Crippen molar-refractivity contribution in [3.63, 3.8) is 0 Å². The highest BCUT2D eigenvalue weighted by molar-refractivity contribution is 5.65. The van der Waals surface area contributed by atoms with E-state index < -0.39 is 5.97 Å². The monoisotopic (exact) mass is 147 g/mol. The molecule has 0 fully saturated rings. The van der Waals surface area contributed by atoms with E-state index in [0.717, 1.165) is 0 Å². The molecule has 0 aliphatic rings. The lowest BCUT2D eigenvalue weighted by atomic mass is 10.2. The van der Waals surface area contributed by atoms with Crippen molar-refractivity contribution in [1.29, 1.82) is 0 Å². The zero-order chi connectivity index (χ0) is 7.49. The lowest BCUT2D eigenvalue weighted by Gasteiger charge is -2.19. The van der Waals surface area contributed by atoms with Crippen molar-refractivity contribution in [3.8, 4) is 0 Å². The Balaban J connectivity index is 0. The van der Waals surface area contributed by atoms with Gasteiger partial charge < -0.3 is 14.6 Å². The van der Waals surface area contributed by atoms with Gasteiger partial charge in [-0.25, -0.2) is 0 Å². The predicted octanol–water partition coefficient (Wildman–Crippen LogP) is 0.187. The number of carbonyl (C=O) groups is 1. The molecule has 0 radical (unpaired) electrons. The van der Waals surface area contributed by atoms with Gasteiger partial charge in [0.15, 0.2) is 0 Å². The van der Waals surface area contributed by atoms with E-state index in [9.17, 15) is 9.90 Å². The van der Waals surface area contributed by atoms with E-state index in [1.165, 1.54) is 0 Å². The topological polar surface area (TPSA) is 49.4 Å². The predicted molar refractivity (Wildman–Crippen MR) is 37.4 cm³/mol. The van der Waals surface area contributed by atoms with Crippen LogP contribution in [0.4, 0.5) is 0 Å². The summed E-state index contributed by atoms with van der Waals surface area (Å²) in [7, 11) is 0. The molecule has 0 aromatic carbocycles. The fourth-order valence-electron chi connectivity index (χ4n) is 0.275. The Morgan fingerprint density at radius 3 is 2.00 bits per heavy atom. The maximum Gasteiger partial charge on any atom is 0.0868 e. The maximum absolute atomic E-state index is 9.81. The zero-order valence-corrected chi connectivity index (χ0v) is 5.93. The molecule has 0 N–H and O–H groups in total. The van der Waals surface area contributed by atoms with Gasteiger partial charge >= 0.3 is 0 Å². The quantitative estimate of drug-likeness (QED) is 0.560. The van der Waals surface area contributed by atoms with Crippen molar-refractivity contribution in [2.75, 3.05) is 6.61 Å². The molecule has 0 amide bonds. The van der Waals surface area contributed by atoms with E-state index in [1.54, 1.807) is 20.8 Å². The van der Waals surface area contributed by atoms with Gasteiger partial charge in [-0.1, -0.05) is 7.43 Å². The Morgan fingerprint density at radius 2 is 1.90 bits per heavy atom. The summed E-state index contributed by atoms with van der Waals surface area (Å²) in [5.74, 6) is -1.18. The molecular weight excluding hydrogens is 132 g/mol. The summed E-state index contributed by atoms with van der Waals surface area (Å²) in [4.78, 5) is 9.81. The minimum absolute atomic E-state index is 0. The zero-order valence-electron chi connectivity index (χ0n) is 5.93. The van der Waals surface area contributed by atoms with Crippen molar-refractivity contribution < 1.29 is 14.6 Å². The standard InChI is InChI=1S/C6H12O3.CH4/c1-6(2,3)9-4-5(7)8;/h4H2,1-3H3,(H,7,8);1H4/p-1. The van der Waals surface area contributed by atoms with Crippen LogP contribution in [0.3, 0.4) is 0 Å². The summed E-state index contributed by atoms with van der Waals surface area (Å²) >= 11 is 0. The minimum atomic E-state index is -1.18. The fraction of sp³-hybridized carbons (Fsp3) is 0.857. The number of carboxylic acid groups (broad SMARTS) is 1. The van der Waals surface area contributed by atoms with Crippen LogP contribution in [-0.4, -0.2) is 18.2 Å². The highest BCUT2D eigenvalue weighted by Gasteiger charge is 2.08. The summed E-state index contributed by atoms with van der Waals surface area (Å²) in [6, 6.07) is 0. The highest BCUT2D eigenvalue weighted by Crippen LogP contribution is 2.04. The average Bonchev–Trinajstić information content (AvgIpc) is 1.59. The first-order valence-electron chi connectivity index (χ1n) is 2.75. The molecule has 0 heterocycles. The van der Waals surface area contributed by atoms with Crippen molar-refractivity contribution in [2.45, 2.75) is 33.8 Å². The number of carbonyl (C=O) groups excluding carboxylic acids is 1. The van der Waals surface area contributed by atoms with Gasteiger partial charge in [0.1, 0.15) is 0 Å². The molecule has 3 heteroatoms. The van der Waals surface area contributed by atoms with Crippen LogP contribution in [0.5, 0.6) is 0 Å². The van der Waals surface area contributed by atoms with Crippen LogP contribution in [0.2, 0.25) is 0 Å². The van der Waals surface area contributed by atoms with Gasteiger partial charge in [0.2, 0.25) is 0 Å². The van der Waals surface area contributed by atoms with Gasteiger partial charge in [-0.15, -0.1) is 0 Å². The van der Waals surface area contributed by atoms with E-state index >= 15 is 0 Å². The smallest absolute Gasteiger partial charge is 0.0868 e. The summed E-state index contributed by atoms with van der Waals surface area (Å²) in [5, 5.41) is 9.81. The minimum Gasteiger partial charge on any atom is -0.548 e.